The first-order chi connectivity index (χ1) is 20.8. The van der Waals surface area contributed by atoms with Gasteiger partial charge in [0.1, 0.15) is 29.0 Å². The van der Waals surface area contributed by atoms with Crippen LogP contribution in [0.2, 0.25) is 19.6 Å². The number of carbonyl (C=O) groups excluding carboxylic acids is 2. The van der Waals surface area contributed by atoms with Crippen molar-refractivity contribution in [2.45, 2.75) is 78.2 Å². The molecule has 1 heterocycles. The lowest BCUT2D eigenvalue weighted by atomic mass is 9.93. The van der Waals surface area contributed by atoms with Crippen molar-refractivity contribution in [3.05, 3.63) is 53.1 Å². The maximum atomic E-state index is 15.0. The molecular weight excluding hydrogens is 628 g/mol. The first kappa shape index (κ1) is 35.9. The topological polar surface area (TPSA) is 143 Å². The Balaban J connectivity index is 2.11. The SMILES string of the molecule is CCOc1ccc2c(c1)CCN(S(=O)(=O)N(CCCC(=O)O)C(=O)OC(C)(C)C)C2C(=O)Nc1cc(F)c([Si](C)(C)C)c(F)c1. The smallest absolute Gasteiger partial charge is 0.425 e. The number of anilines is 1. The molecule has 0 aliphatic carbocycles. The van der Waals surface area contributed by atoms with Crippen LogP contribution in [0.1, 0.15) is 57.7 Å². The molecular formula is C30H41F2N3O8SSi. The Morgan fingerprint density at radius 2 is 1.73 bits per heavy atom. The molecule has 2 aromatic rings. The number of fused-ring (bicyclic) bond motifs is 1. The van der Waals surface area contributed by atoms with Crippen molar-refractivity contribution in [2.24, 2.45) is 0 Å². The summed E-state index contributed by atoms with van der Waals surface area (Å²) in [6, 6.07) is 5.21. The van der Waals surface area contributed by atoms with E-state index in [0.29, 0.717) is 22.2 Å². The standard InChI is InChI=1S/C30H41F2N3O8SSi/c1-8-42-21-11-12-22-19(16-21)13-15-34(44(40,41)35(14-9-10-25(36)37)29(39)43-30(2,3)4)26(22)28(38)33-20-17-23(31)27(24(32)18-20)45(5,6)7/h11-12,16-18,26H,8-10,13-15H2,1-7H3,(H,33,38)(H,36,37). The van der Waals surface area contributed by atoms with Crippen LogP contribution < -0.4 is 15.2 Å². The number of nitrogens with one attached hydrogen (secondary N) is 1. The van der Waals surface area contributed by atoms with Gasteiger partial charge in [-0.05, 0) is 75.9 Å². The fraction of sp³-hybridized carbons (Fsp3) is 0.500. The Kier molecular flexibility index (Phi) is 11.0. The molecule has 1 aliphatic heterocycles. The summed E-state index contributed by atoms with van der Waals surface area (Å²) in [5.41, 5.74) is -0.416. The van der Waals surface area contributed by atoms with Gasteiger partial charge in [-0.25, -0.2) is 13.6 Å². The van der Waals surface area contributed by atoms with E-state index in [4.69, 9.17) is 14.6 Å². The number of hydrogen-bond acceptors (Lipinski definition) is 7. The lowest BCUT2D eigenvalue weighted by molar-refractivity contribution is -0.137. The third kappa shape index (κ3) is 8.79. The van der Waals surface area contributed by atoms with Crippen LogP contribution >= 0.6 is 0 Å². The van der Waals surface area contributed by atoms with E-state index in [1.54, 1.807) is 59.5 Å². The number of benzene rings is 2. The van der Waals surface area contributed by atoms with Crippen molar-refractivity contribution in [3.8, 4) is 5.75 Å². The Bertz CT molecular complexity index is 1530. The van der Waals surface area contributed by atoms with E-state index in [0.717, 1.165) is 16.4 Å². The van der Waals surface area contributed by atoms with Crippen LogP contribution in [-0.2, 0) is 31.0 Å². The minimum Gasteiger partial charge on any atom is -0.494 e. The van der Waals surface area contributed by atoms with Gasteiger partial charge in [0.25, 0.3) is 0 Å². The highest BCUT2D eigenvalue weighted by Gasteiger charge is 2.45. The molecule has 0 bridgehead atoms. The number of halogens is 2. The second kappa shape index (κ2) is 13.8. The van der Waals surface area contributed by atoms with Crippen molar-refractivity contribution in [2.75, 3.05) is 25.0 Å². The van der Waals surface area contributed by atoms with Crippen molar-refractivity contribution < 1.29 is 46.2 Å². The molecule has 2 aromatic carbocycles. The van der Waals surface area contributed by atoms with Gasteiger partial charge in [0.15, 0.2) is 0 Å². The molecule has 1 unspecified atom stereocenters. The lowest BCUT2D eigenvalue weighted by Crippen LogP contribution is -2.53. The van der Waals surface area contributed by atoms with Crippen LogP contribution in [-0.4, -0.2) is 73.5 Å². The van der Waals surface area contributed by atoms with E-state index in [9.17, 15) is 22.8 Å². The molecule has 0 saturated heterocycles. The van der Waals surface area contributed by atoms with Crippen LogP contribution in [0.3, 0.4) is 0 Å². The largest absolute Gasteiger partial charge is 0.494 e. The molecule has 0 radical (unpaired) electrons. The zero-order chi connectivity index (χ0) is 33.9. The number of carboxylic acids is 1. The summed E-state index contributed by atoms with van der Waals surface area (Å²) in [7, 11) is -7.24. The van der Waals surface area contributed by atoms with Gasteiger partial charge in [-0.2, -0.15) is 17.0 Å². The van der Waals surface area contributed by atoms with Gasteiger partial charge in [0.2, 0.25) is 5.91 Å². The molecule has 11 nitrogen and oxygen atoms in total. The molecule has 1 atom stereocenters. The molecule has 2 amide bonds. The van der Waals surface area contributed by atoms with Crippen molar-refractivity contribution in [3.63, 3.8) is 0 Å². The molecule has 45 heavy (non-hydrogen) atoms. The monoisotopic (exact) mass is 669 g/mol. The fourth-order valence-corrected chi connectivity index (χ4v) is 8.26. The number of hydrogen-bond donors (Lipinski definition) is 2. The summed E-state index contributed by atoms with van der Waals surface area (Å²) in [5.74, 6) is -3.26. The number of ether oxygens (including phenoxy) is 2. The number of rotatable bonds is 11. The Morgan fingerprint density at radius 3 is 2.27 bits per heavy atom. The number of carbonyl (C=O) groups is 3. The van der Waals surface area contributed by atoms with E-state index in [1.165, 1.54) is 6.07 Å². The minimum absolute atomic E-state index is 0.0365. The Hall–Kier alpha value is -3.56. The van der Waals surface area contributed by atoms with Crippen LogP contribution in [0.15, 0.2) is 30.3 Å². The fourth-order valence-electron chi connectivity index (χ4n) is 5.04. The second-order valence-electron chi connectivity index (χ2n) is 12.7. The highest BCUT2D eigenvalue weighted by Crippen LogP contribution is 2.36. The lowest BCUT2D eigenvalue weighted by Gasteiger charge is -2.38. The first-order valence-corrected chi connectivity index (χ1v) is 19.5. The first-order valence-electron chi connectivity index (χ1n) is 14.6. The quantitative estimate of drug-likeness (QED) is 0.325. The third-order valence-corrected chi connectivity index (χ3v) is 10.7. The molecule has 1 aliphatic rings. The average molecular weight is 670 g/mol. The summed E-state index contributed by atoms with van der Waals surface area (Å²) in [5, 5.41) is 11.5. The summed E-state index contributed by atoms with van der Waals surface area (Å²) in [6.45, 7) is 11.3. The average Bonchev–Trinajstić information content (AvgIpc) is 2.87. The van der Waals surface area contributed by atoms with Crippen molar-refractivity contribution in [1.82, 2.24) is 8.61 Å². The summed E-state index contributed by atoms with van der Waals surface area (Å²) >= 11 is 0. The van der Waals surface area contributed by atoms with Crippen LogP contribution in [0.25, 0.3) is 0 Å². The normalized spacial score (nSPS) is 15.6. The number of aliphatic carboxylic acids is 1. The number of amides is 2. The molecule has 0 fully saturated rings. The Morgan fingerprint density at radius 1 is 1.11 bits per heavy atom. The minimum atomic E-state index is -4.82. The van der Waals surface area contributed by atoms with Gasteiger partial charge in [-0.15, -0.1) is 0 Å². The molecule has 0 saturated carbocycles. The highest BCUT2D eigenvalue weighted by atomic mass is 32.2. The predicted molar refractivity (Wildman–Crippen MR) is 167 cm³/mol. The molecule has 3 rings (SSSR count). The van der Waals surface area contributed by atoms with Crippen molar-refractivity contribution >= 4 is 47.1 Å². The highest BCUT2D eigenvalue weighted by molar-refractivity contribution is 7.87. The molecule has 248 valence electrons. The van der Waals surface area contributed by atoms with E-state index >= 15 is 8.78 Å². The van der Waals surface area contributed by atoms with Gasteiger partial charge in [0, 0.05) is 30.4 Å². The van der Waals surface area contributed by atoms with Gasteiger partial charge in [-0.3, -0.25) is 9.59 Å². The van der Waals surface area contributed by atoms with Gasteiger partial charge in [0.05, 0.1) is 14.7 Å². The van der Waals surface area contributed by atoms with E-state index in [1.807, 2.05) is 0 Å². The number of nitrogens with zero attached hydrogens (tertiary/aromatic N) is 2. The summed E-state index contributed by atoms with van der Waals surface area (Å²) < 4.78 is 70.6. The van der Waals surface area contributed by atoms with Crippen LogP contribution in [0.4, 0.5) is 19.3 Å². The molecule has 0 spiro atoms. The zero-order valence-corrected chi connectivity index (χ0v) is 28.4. The summed E-state index contributed by atoms with van der Waals surface area (Å²) in [6.07, 6.45) is -1.73. The van der Waals surface area contributed by atoms with E-state index in [-0.39, 0.29) is 35.8 Å². The summed E-state index contributed by atoms with van der Waals surface area (Å²) in [4.78, 5) is 38.3. The molecule has 15 heteroatoms. The van der Waals surface area contributed by atoms with E-state index in [2.05, 4.69) is 5.32 Å². The van der Waals surface area contributed by atoms with Crippen LogP contribution in [0.5, 0.6) is 5.75 Å². The van der Waals surface area contributed by atoms with Gasteiger partial charge >= 0.3 is 22.3 Å². The maximum absolute atomic E-state index is 15.0. The van der Waals surface area contributed by atoms with Crippen LogP contribution in [0, 0.1) is 11.6 Å². The molecule has 2 N–H and O–H groups in total. The van der Waals surface area contributed by atoms with Gasteiger partial charge < -0.3 is 19.9 Å². The van der Waals surface area contributed by atoms with E-state index < -0.39 is 72.5 Å². The third-order valence-electron chi connectivity index (χ3n) is 6.84. The maximum Gasteiger partial charge on any atom is 0.425 e. The Labute approximate surface area is 263 Å². The number of carboxylic acid groups (broad SMARTS) is 1. The molecule has 0 aromatic heterocycles. The van der Waals surface area contributed by atoms with Crippen molar-refractivity contribution in [1.29, 1.82) is 0 Å². The zero-order valence-electron chi connectivity index (χ0n) is 26.6. The van der Waals surface area contributed by atoms with Gasteiger partial charge in [-0.1, -0.05) is 25.7 Å². The second-order valence-corrected chi connectivity index (χ2v) is 19.5. The predicted octanol–water partition coefficient (Wildman–Crippen LogP) is 4.79.